The molecule has 1 N–H and O–H groups in total. The molecule has 0 aliphatic carbocycles. The number of rotatable bonds is 5. The monoisotopic (exact) mass is 385 g/mol. The molecule has 0 atom stereocenters. The van der Waals surface area contributed by atoms with Crippen molar-refractivity contribution >= 4 is 29.0 Å². The number of methoxy groups -OCH3 is 1. The van der Waals surface area contributed by atoms with Crippen LogP contribution in [0, 0.1) is 0 Å². The lowest BCUT2D eigenvalue weighted by Crippen LogP contribution is -2.42. The third kappa shape index (κ3) is 4.65. The second kappa shape index (κ2) is 8.68. The standard InChI is InChI=1S/C20H20ClN3O3/c1-27-17-5-3-2-4-16(17)20(26)23-13-19(25)24-10-8-14(9-11-24)15-6-7-18(21)22-12-15/h2-8,12H,9-11,13H2,1H3,(H,23,26). The van der Waals surface area contributed by atoms with E-state index in [0.717, 1.165) is 17.6 Å². The smallest absolute Gasteiger partial charge is 0.255 e. The number of halogens is 1. The lowest BCUT2D eigenvalue weighted by atomic mass is 10.0. The molecule has 0 fully saturated rings. The van der Waals surface area contributed by atoms with Crippen LogP contribution in [0.15, 0.2) is 48.7 Å². The van der Waals surface area contributed by atoms with Gasteiger partial charge in [0.1, 0.15) is 10.9 Å². The summed E-state index contributed by atoms with van der Waals surface area (Å²) < 4.78 is 5.17. The van der Waals surface area contributed by atoms with Crippen LogP contribution in [0.3, 0.4) is 0 Å². The zero-order chi connectivity index (χ0) is 19.2. The van der Waals surface area contributed by atoms with E-state index >= 15 is 0 Å². The van der Waals surface area contributed by atoms with E-state index in [1.165, 1.54) is 7.11 Å². The quantitative estimate of drug-likeness (QED) is 0.803. The third-order valence-corrected chi connectivity index (χ3v) is 4.64. The molecule has 2 heterocycles. The molecule has 0 unspecified atom stereocenters. The predicted octanol–water partition coefficient (Wildman–Crippen LogP) is 2.79. The highest BCUT2D eigenvalue weighted by molar-refractivity contribution is 6.29. The summed E-state index contributed by atoms with van der Waals surface area (Å²) >= 11 is 5.81. The van der Waals surface area contributed by atoms with Gasteiger partial charge in [-0.25, -0.2) is 4.98 Å². The lowest BCUT2D eigenvalue weighted by molar-refractivity contribution is -0.129. The Hall–Kier alpha value is -2.86. The van der Waals surface area contributed by atoms with E-state index in [2.05, 4.69) is 10.3 Å². The minimum Gasteiger partial charge on any atom is -0.496 e. The molecule has 1 aromatic heterocycles. The molecule has 0 radical (unpaired) electrons. The predicted molar refractivity (Wildman–Crippen MR) is 104 cm³/mol. The Balaban J connectivity index is 1.55. The van der Waals surface area contributed by atoms with Gasteiger partial charge in [0, 0.05) is 19.3 Å². The molecule has 0 spiro atoms. The van der Waals surface area contributed by atoms with E-state index in [9.17, 15) is 9.59 Å². The molecule has 7 heteroatoms. The molecular weight excluding hydrogens is 366 g/mol. The van der Waals surface area contributed by atoms with Crippen molar-refractivity contribution in [2.75, 3.05) is 26.7 Å². The summed E-state index contributed by atoms with van der Waals surface area (Å²) in [5, 5.41) is 3.12. The Labute approximate surface area is 162 Å². The van der Waals surface area contributed by atoms with Crippen molar-refractivity contribution in [3.63, 3.8) is 0 Å². The normalized spacial score (nSPS) is 13.7. The average Bonchev–Trinajstić information content (AvgIpc) is 2.72. The number of para-hydroxylation sites is 1. The molecule has 3 rings (SSSR count). The fourth-order valence-electron chi connectivity index (χ4n) is 2.92. The van der Waals surface area contributed by atoms with Crippen molar-refractivity contribution in [3.8, 4) is 5.75 Å². The molecule has 2 amide bonds. The fraction of sp³-hybridized carbons (Fsp3) is 0.250. The molecule has 0 saturated carbocycles. The van der Waals surface area contributed by atoms with Gasteiger partial charge < -0.3 is 15.0 Å². The van der Waals surface area contributed by atoms with E-state index in [1.807, 2.05) is 12.1 Å². The van der Waals surface area contributed by atoms with E-state index in [-0.39, 0.29) is 18.4 Å². The van der Waals surface area contributed by atoms with Gasteiger partial charge in [0.25, 0.3) is 5.91 Å². The van der Waals surface area contributed by atoms with Gasteiger partial charge >= 0.3 is 0 Å². The molecule has 1 aromatic carbocycles. The van der Waals surface area contributed by atoms with Gasteiger partial charge in [0.05, 0.1) is 19.2 Å². The van der Waals surface area contributed by atoms with Crippen LogP contribution in [0.2, 0.25) is 5.15 Å². The fourth-order valence-corrected chi connectivity index (χ4v) is 3.03. The number of aromatic nitrogens is 1. The third-order valence-electron chi connectivity index (χ3n) is 4.41. The number of amides is 2. The molecule has 1 aliphatic heterocycles. The first kappa shape index (κ1) is 18.9. The van der Waals surface area contributed by atoms with E-state index in [0.29, 0.717) is 29.6 Å². The highest BCUT2D eigenvalue weighted by Crippen LogP contribution is 2.22. The second-order valence-corrected chi connectivity index (χ2v) is 6.46. The zero-order valence-corrected chi connectivity index (χ0v) is 15.7. The van der Waals surface area contributed by atoms with Crippen molar-refractivity contribution < 1.29 is 14.3 Å². The molecule has 0 bridgehead atoms. The maximum atomic E-state index is 12.4. The highest BCUT2D eigenvalue weighted by atomic mass is 35.5. The largest absolute Gasteiger partial charge is 0.496 e. The van der Waals surface area contributed by atoms with Crippen molar-refractivity contribution in [3.05, 3.63) is 65.0 Å². The summed E-state index contributed by atoms with van der Waals surface area (Å²) in [6, 6.07) is 10.6. The van der Waals surface area contributed by atoms with Crippen LogP contribution in [-0.2, 0) is 4.79 Å². The summed E-state index contributed by atoms with van der Waals surface area (Å²) in [7, 11) is 1.51. The van der Waals surface area contributed by atoms with Gasteiger partial charge in [-0.3, -0.25) is 9.59 Å². The molecule has 2 aromatic rings. The minimum absolute atomic E-state index is 0.0530. The van der Waals surface area contributed by atoms with Gasteiger partial charge in [-0.05, 0) is 35.8 Å². The summed E-state index contributed by atoms with van der Waals surface area (Å²) in [4.78, 5) is 30.5. The minimum atomic E-state index is -0.332. The first-order chi connectivity index (χ1) is 13.1. The van der Waals surface area contributed by atoms with Crippen LogP contribution < -0.4 is 10.1 Å². The Kier molecular flexibility index (Phi) is 6.08. The number of carbonyl (C=O) groups is 2. The topological polar surface area (TPSA) is 71.5 Å². The number of ether oxygens (including phenoxy) is 1. The van der Waals surface area contributed by atoms with Gasteiger partial charge in [0.15, 0.2) is 0 Å². The number of nitrogens with one attached hydrogen (secondary N) is 1. The van der Waals surface area contributed by atoms with Crippen LogP contribution in [0.4, 0.5) is 0 Å². The molecule has 1 aliphatic rings. The van der Waals surface area contributed by atoms with Gasteiger partial charge in [-0.15, -0.1) is 0 Å². The SMILES string of the molecule is COc1ccccc1C(=O)NCC(=O)N1CC=C(c2ccc(Cl)nc2)CC1. The first-order valence-electron chi connectivity index (χ1n) is 8.58. The van der Waals surface area contributed by atoms with Crippen LogP contribution in [-0.4, -0.2) is 48.4 Å². The van der Waals surface area contributed by atoms with Crippen LogP contribution >= 0.6 is 11.6 Å². The molecule has 140 valence electrons. The van der Waals surface area contributed by atoms with Crippen molar-refractivity contribution in [1.82, 2.24) is 15.2 Å². The number of pyridine rings is 1. The Morgan fingerprint density at radius 3 is 2.74 bits per heavy atom. The van der Waals surface area contributed by atoms with Gasteiger partial charge in [-0.1, -0.05) is 35.9 Å². The molecular formula is C20H20ClN3O3. The molecule has 27 heavy (non-hydrogen) atoms. The lowest BCUT2D eigenvalue weighted by Gasteiger charge is -2.26. The summed E-state index contributed by atoms with van der Waals surface area (Å²) in [6.45, 7) is 1.04. The number of benzene rings is 1. The number of carbonyl (C=O) groups excluding carboxylic acids is 2. The summed E-state index contributed by atoms with van der Waals surface area (Å²) in [5.41, 5.74) is 2.56. The number of nitrogens with zero attached hydrogens (tertiary/aromatic N) is 2. The van der Waals surface area contributed by atoms with Crippen LogP contribution in [0.5, 0.6) is 5.75 Å². The van der Waals surface area contributed by atoms with Crippen molar-refractivity contribution in [1.29, 1.82) is 0 Å². The Morgan fingerprint density at radius 1 is 1.26 bits per heavy atom. The summed E-state index contributed by atoms with van der Waals surface area (Å²) in [6.07, 6.45) is 4.48. The van der Waals surface area contributed by atoms with Gasteiger partial charge in [0.2, 0.25) is 5.91 Å². The summed E-state index contributed by atoms with van der Waals surface area (Å²) in [5.74, 6) is 0.0219. The Morgan fingerprint density at radius 2 is 2.07 bits per heavy atom. The van der Waals surface area contributed by atoms with Crippen LogP contribution in [0.1, 0.15) is 22.3 Å². The van der Waals surface area contributed by atoms with E-state index in [4.69, 9.17) is 16.3 Å². The number of hydrogen-bond acceptors (Lipinski definition) is 4. The maximum Gasteiger partial charge on any atom is 0.255 e. The maximum absolute atomic E-state index is 12.4. The van der Waals surface area contributed by atoms with E-state index < -0.39 is 0 Å². The molecule has 0 saturated heterocycles. The number of hydrogen-bond donors (Lipinski definition) is 1. The average molecular weight is 386 g/mol. The van der Waals surface area contributed by atoms with Crippen molar-refractivity contribution in [2.45, 2.75) is 6.42 Å². The van der Waals surface area contributed by atoms with Crippen LogP contribution in [0.25, 0.3) is 5.57 Å². The second-order valence-electron chi connectivity index (χ2n) is 6.07. The first-order valence-corrected chi connectivity index (χ1v) is 8.96. The Bertz CT molecular complexity index is 865. The van der Waals surface area contributed by atoms with Crippen molar-refractivity contribution in [2.24, 2.45) is 0 Å². The zero-order valence-electron chi connectivity index (χ0n) is 14.9. The van der Waals surface area contributed by atoms with E-state index in [1.54, 1.807) is 41.4 Å². The van der Waals surface area contributed by atoms with Gasteiger partial charge in [-0.2, -0.15) is 0 Å². The highest BCUT2D eigenvalue weighted by Gasteiger charge is 2.19. The molecule has 6 nitrogen and oxygen atoms in total.